The van der Waals surface area contributed by atoms with Gasteiger partial charge in [0.15, 0.2) is 0 Å². The van der Waals surface area contributed by atoms with E-state index in [1.165, 1.54) is 4.31 Å². The molecule has 2 aromatic rings. The van der Waals surface area contributed by atoms with Gasteiger partial charge in [0, 0.05) is 13.1 Å². The standard InChI is InChI=1S/C25H34N2O4S/c1-18(2)16-24(20-9-11-22(31-4)12-10-20)26-25(28)21-6-5-15-27(17-21)32(29,30)23-13-7-19(3)8-14-23/h7-14,18,21,24H,5-6,15-17H2,1-4H3,(H,26,28)/t21-,24+/m0/s1. The number of carbonyl (C=O) groups excluding carboxylic acids is 1. The molecule has 3 rings (SSSR count). The van der Waals surface area contributed by atoms with Crippen LogP contribution in [0, 0.1) is 18.8 Å². The van der Waals surface area contributed by atoms with Crippen LogP contribution in [-0.4, -0.2) is 38.8 Å². The van der Waals surface area contributed by atoms with Crippen LogP contribution in [0.3, 0.4) is 0 Å². The van der Waals surface area contributed by atoms with Crippen LogP contribution in [0.15, 0.2) is 53.4 Å². The fraction of sp³-hybridized carbons (Fsp3) is 0.480. The molecule has 0 spiro atoms. The first kappa shape index (κ1) is 24.3. The van der Waals surface area contributed by atoms with Gasteiger partial charge in [-0.3, -0.25) is 4.79 Å². The number of carbonyl (C=O) groups is 1. The zero-order valence-electron chi connectivity index (χ0n) is 19.4. The fourth-order valence-corrected chi connectivity index (χ4v) is 5.63. The molecule has 2 atom stereocenters. The molecule has 1 N–H and O–H groups in total. The van der Waals surface area contributed by atoms with Gasteiger partial charge in [-0.25, -0.2) is 8.42 Å². The number of rotatable bonds is 8. The number of aryl methyl sites for hydroxylation is 1. The second kappa shape index (κ2) is 10.5. The molecule has 0 unspecified atom stereocenters. The highest BCUT2D eigenvalue weighted by Crippen LogP contribution is 2.27. The molecule has 0 saturated carbocycles. The number of nitrogens with one attached hydrogen (secondary N) is 1. The van der Waals surface area contributed by atoms with Gasteiger partial charge in [-0.05, 0) is 61.9 Å². The summed E-state index contributed by atoms with van der Waals surface area (Å²) in [6, 6.07) is 14.5. The van der Waals surface area contributed by atoms with Crippen molar-refractivity contribution in [2.24, 2.45) is 11.8 Å². The summed E-state index contributed by atoms with van der Waals surface area (Å²) in [6.07, 6.45) is 2.15. The molecule has 32 heavy (non-hydrogen) atoms. The Labute approximate surface area is 192 Å². The highest BCUT2D eigenvalue weighted by molar-refractivity contribution is 7.89. The van der Waals surface area contributed by atoms with E-state index in [1.807, 2.05) is 31.2 Å². The first-order valence-corrected chi connectivity index (χ1v) is 12.7. The first-order chi connectivity index (χ1) is 15.2. The summed E-state index contributed by atoms with van der Waals surface area (Å²) in [5.41, 5.74) is 2.03. The molecule has 1 heterocycles. The van der Waals surface area contributed by atoms with Crippen LogP contribution in [0.4, 0.5) is 0 Å². The number of nitrogens with zero attached hydrogens (tertiary/aromatic N) is 1. The van der Waals surface area contributed by atoms with E-state index in [9.17, 15) is 13.2 Å². The summed E-state index contributed by atoms with van der Waals surface area (Å²) in [5, 5.41) is 3.19. The molecule has 174 valence electrons. The Hall–Kier alpha value is -2.38. The maximum Gasteiger partial charge on any atom is 0.243 e. The van der Waals surface area contributed by atoms with Crippen LogP contribution in [0.25, 0.3) is 0 Å². The van der Waals surface area contributed by atoms with Crippen LogP contribution in [0.5, 0.6) is 5.75 Å². The van der Waals surface area contributed by atoms with Crippen LogP contribution in [0.1, 0.15) is 50.3 Å². The summed E-state index contributed by atoms with van der Waals surface area (Å²) in [7, 11) is -1.99. The third-order valence-electron chi connectivity index (χ3n) is 5.96. The van der Waals surface area contributed by atoms with E-state index < -0.39 is 10.0 Å². The number of amides is 1. The van der Waals surface area contributed by atoms with Crippen molar-refractivity contribution >= 4 is 15.9 Å². The molecule has 1 saturated heterocycles. The second-order valence-electron chi connectivity index (χ2n) is 8.98. The maximum atomic E-state index is 13.2. The number of methoxy groups -OCH3 is 1. The Kier molecular flexibility index (Phi) is 7.96. The van der Waals surface area contributed by atoms with Crippen LogP contribution in [0.2, 0.25) is 0 Å². The SMILES string of the molecule is COc1ccc([C@@H](CC(C)C)NC(=O)[C@H]2CCCN(S(=O)(=O)c3ccc(C)cc3)C2)cc1. The van der Waals surface area contributed by atoms with Gasteiger partial charge < -0.3 is 10.1 Å². The van der Waals surface area contributed by atoms with Gasteiger partial charge in [0.1, 0.15) is 5.75 Å². The highest BCUT2D eigenvalue weighted by Gasteiger charge is 2.34. The highest BCUT2D eigenvalue weighted by atomic mass is 32.2. The van der Waals surface area contributed by atoms with Crippen molar-refractivity contribution in [1.29, 1.82) is 0 Å². The van der Waals surface area contributed by atoms with E-state index in [1.54, 1.807) is 31.4 Å². The fourth-order valence-electron chi connectivity index (χ4n) is 4.11. The Balaban J connectivity index is 1.72. The molecule has 1 amide bonds. The van der Waals surface area contributed by atoms with Gasteiger partial charge in [0.2, 0.25) is 15.9 Å². The van der Waals surface area contributed by atoms with Crippen molar-refractivity contribution < 1.29 is 17.9 Å². The van der Waals surface area contributed by atoms with Crippen LogP contribution in [-0.2, 0) is 14.8 Å². The van der Waals surface area contributed by atoms with Crippen molar-refractivity contribution in [3.63, 3.8) is 0 Å². The zero-order chi connectivity index (χ0) is 23.3. The van der Waals surface area contributed by atoms with Crippen molar-refractivity contribution in [2.45, 2.75) is 51.0 Å². The topological polar surface area (TPSA) is 75.7 Å². The van der Waals surface area contributed by atoms with Crippen LogP contribution >= 0.6 is 0 Å². The third kappa shape index (κ3) is 5.90. The average Bonchev–Trinajstić information content (AvgIpc) is 2.78. The van der Waals surface area contributed by atoms with Gasteiger partial charge in [-0.15, -0.1) is 0 Å². The lowest BCUT2D eigenvalue weighted by Gasteiger charge is -2.32. The predicted octanol–water partition coefficient (Wildman–Crippen LogP) is 4.31. The van der Waals surface area contributed by atoms with Gasteiger partial charge in [0.25, 0.3) is 0 Å². The summed E-state index contributed by atoms with van der Waals surface area (Å²) in [6.45, 7) is 6.82. The summed E-state index contributed by atoms with van der Waals surface area (Å²) in [4.78, 5) is 13.5. The van der Waals surface area contributed by atoms with Crippen molar-refractivity contribution in [3.05, 3.63) is 59.7 Å². The zero-order valence-corrected chi connectivity index (χ0v) is 20.2. The summed E-state index contributed by atoms with van der Waals surface area (Å²) in [5.74, 6) is 0.715. The van der Waals surface area contributed by atoms with E-state index in [0.29, 0.717) is 25.3 Å². The molecule has 0 bridgehead atoms. The van der Waals surface area contributed by atoms with Crippen molar-refractivity contribution in [3.8, 4) is 5.75 Å². The molecule has 0 aliphatic carbocycles. The molecule has 1 aliphatic heterocycles. The minimum Gasteiger partial charge on any atom is -0.497 e. The Morgan fingerprint density at radius 2 is 1.78 bits per heavy atom. The predicted molar refractivity (Wildman–Crippen MR) is 126 cm³/mol. The molecule has 0 aromatic heterocycles. The lowest BCUT2D eigenvalue weighted by atomic mass is 9.94. The lowest BCUT2D eigenvalue weighted by molar-refractivity contribution is -0.127. The van der Waals surface area contributed by atoms with Gasteiger partial charge in [-0.2, -0.15) is 4.31 Å². The van der Waals surface area contributed by atoms with E-state index in [2.05, 4.69) is 19.2 Å². The number of ether oxygens (including phenoxy) is 1. The average molecular weight is 459 g/mol. The second-order valence-corrected chi connectivity index (χ2v) is 10.9. The number of sulfonamides is 1. The Bertz CT molecular complexity index is 1000. The smallest absolute Gasteiger partial charge is 0.243 e. The largest absolute Gasteiger partial charge is 0.497 e. The summed E-state index contributed by atoms with van der Waals surface area (Å²) >= 11 is 0. The lowest BCUT2D eigenvalue weighted by Crippen LogP contribution is -2.46. The molecule has 1 fully saturated rings. The Morgan fingerprint density at radius 3 is 2.38 bits per heavy atom. The number of hydrogen-bond donors (Lipinski definition) is 1. The van der Waals surface area contributed by atoms with E-state index in [0.717, 1.165) is 23.3 Å². The van der Waals surface area contributed by atoms with Gasteiger partial charge >= 0.3 is 0 Å². The Morgan fingerprint density at radius 1 is 1.12 bits per heavy atom. The minimum absolute atomic E-state index is 0.0877. The number of hydrogen-bond acceptors (Lipinski definition) is 4. The van der Waals surface area contributed by atoms with Crippen molar-refractivity contribution in [1.82, 2.24) is 9.62 Å². The third-order valence-corrected chi connectivity index (χ3v) is 7.83. The molecule has 0 radical (unpaired) electrons. The van der Waals surface area contributed by atoms with Gasteiger partial charge in [-0.1, -0.05) is 43.7 Å². The molecular formula is C25H34N2O4S. The molecule has 6 nitrogen and oxygen atoms in total. The first-order valence-electron chi connectivity index (χ1n) is 11.2. The molecular weight excluding hydrogens is 424 g/mol. The number of piperidine rings is 1. The van der Waals surface area contributed by atoms with Crippen LogP contribution < -0.4 is 10.1 Å². The van der Waals surface area contributed by atoms with Crippen molar-refractivity contribution in [2.75, 3.05) is 20.2 Å². The monoisotopic (exact) mass is 458 g/mol. The summed E-state index contributed by atoms with van der Waals surface area (Å²) < 4.78 is 32.9. The molecule has 7 heteroatoms. The number of benzene rings is 2. The van der Waals surface area contributed by atoms with E-state index in [4.69, 9.17) is 4.74 Å². The maximum absolute atomic E-state index is 13.2. The quantitative estimate of drug-likeness (QED) is 0.640. The normalized spacial score (nSPS) is 18.3. The molecule has 1 aliphatic rings. The van der Waals surface area contributed by atoms with E-state index in [-0.39, 0.29) is 29.3 Å². The minimum atomic E-state index is -3.61. The molecule has 2 aromatic carbocycles. The van der Waals surface area contributed by atoms with Gasteiger partial charge in [0.05, 0.1) is 24.0 Å². The van der Waals surface area contributed by atoms with E-state index >= 15 is 0 Å².